The molecule has 1 aromatic heterocycles. The molecule has 3 heteroatoms. The number of hydrogen-bond donors (Lipinski definition) is 1. The van der Waals surface area contributed by atoms with Crippen molar-refractivity contribution in [1.29, 1.82) is 0 Å². The third-order valence-corrected chi connectivity index (χ3v) is 4.91. The molecule has 0 saturated carbocycles. The first kappa shape index (κ1) is 13.9. The lowest BCUT2D eigenvalue weighted by Crippen LogP contribution is -2.38. The van der Waals surface area contributed by atoms with E-state index in [0.717, 1.165) is 25.3 Å². The molecule has 2 rings (SSSR count). The van der Waals surface area contributed by atoms with Crippen molar-refractivity contribution in [2.45, 2.75) is 39.2 Å². The van der Waals surface area contributed by atoms with Crippen LogP contribution in [0.25, 0.3) is 0 Å². The fraction of sp³-hybridized carbons (Fsp3) is 0.667. The van der Waals surface area contributed by atoms with Crippen molar-refractivity contribution < 1.29 is 0 Å². The van der Waals surface area contributed by atoms with E-state index in [2.05, 4.69) is 48.0 Å². The Morgan fingerprint density at radius 1 is 1.44 bits per heavy atom. The standard InChI is InChI=1S/C15H24N2S/c1-3-12-5-6-14(17-10-12)9-15(16-4-2)13-7-8-18-11-13/h5-6,10,13,15-16H,3-4,7-9,11H2,1-2H3. The van der Waals surface area contributed by atoms with Crippen molar-refractivity contribution in [2.75, 3.05) is 18.1 Å². The van der Waals surface area contributed by atoms with Crippen LogP contribution in [0.3, 0.4) is 0 Å². The van der Waals surface area contributed by atoms with Gasteiger partial charge in [-0.1, -0.05) is 19.9 Å². The van der Waals surface area contributed by atoms with Gasteiger partial charge in [0.25, 0.3) is 0 Å². The van der Waals surface area contributed by atoms with Gasteiger partial charge in [-0.2, -0.15) is 11.8 Å². The van der Waals surface area contributed by atoms with Crippen LogP contribution < -0.4 is 5.32 Å². The van der Waals surface area contributed by atoms with Gasteiger partial charge in [0.05, 0.1) is 0 Å². The van der Waals surface area contributed by atoms with Gasteiger partial charge in [-0.25, -0.2) is 0 Å². The fourth-order valence-electron chi connectivity index (χ4n) is 2.55. The molecule has 2 unspecified atom stereocenters. The minimum absolute atomic E-state index is 0.602. The average molecular weight is 264 g/mol. The molecule has 0 aromatic carbocycles. The van der Waals surface area contributed by atoms with Gasteiger partial charge in [0.1, 0.15) is 0 Å². The number of likely N-dealkylation sites (N-methyl/N-ethyl adjacent to an activating group) is 1. The molecule has 2 heterocycles. The lowest BCUT2D eigenvalue weighted by molar-refractivity contribution is 0.384. The highest BCUT2D eigenvalue weighted by molar-refractivity contribution is 7.99. The molecule has 2 atom stereocenters. The summed E-state index contributed by atoms with van der Waals surface area (Å²) in [7, 11) is 0. The van der Waals surface area contributed by atoms with E-state index in [-0.39, 0.29) is 0 Å². The zero-order valence-corrected chi connectivity index (χ0v) is 12.3. The Bertz CT molecular complexity index is 344. The predicted octanol–water partition coefficient (Wildman–Crippen LogP) is 2.92. The largest absolute Gasteiger partial charge is 0.314 e. The maximum Gasteiger partial charge on any atom is 0.0419 e. The van der Waals surface area contributed by atoms with Crippen LogP contribution in [0.15, 0.2) is 18.3 Å². The summed E-state index contributed by atoms with van der Waals surface area (Å²) in [5.41, 5.74) is 2.56. The van der Waals surface area contributed by atoms with Crippen molar-refractivity contribution in [1.82, 2.24) is 10.3 Å². The smallest absolute Gasteiger partial charge is 0.0419 e. The van der Waals surface area contributed by atoms with Crippen molar-refractivity contribution in [3.05, 3.63) is 29.6 Å². The highest BCUT2D eigenvalue weighted by Gasteiger charge is 2.25. The summed E-state index contributed by atoms with van der Waals surface area (Å²) in [6.07, 6.45) is 5.53. The molecular formula is C15H24N2S. The molecule has 100 valence electrons. The van der Waals surface area contributed by atoms with Crippen LogP contribution in [0.4, 0.5) is 0 Å². The van der Waals surface area contributed by atoms with Gasteiger partial charge in [-0.3, -0.25) is 4.98 Å². The Balaban J connectivity index is 1.98. The predicted molar refractivity (Wildman–Crippen MR) is 80.2 cm³/mol. The molecule has 1 fully saturated rings. The molecule has 0 amide bonds. The van der Waals surface area contributed by atoms with E-state index in [1.54, 1.807) is 0 Å². The van der Waals surface area contributed by atoms with Gasteiger partial charge in [-0.05, 0) is 48.4 Å². The summed E-state index contributed by atoms with van der Waals surface area (Å²) in [6, 6.07) is 5.02. The van der Waals surface area contributed by atoms with Crippen LogP contribution in [0.2, 0.25) is 0 Å². The van der Waals surface area contributed by atoms with Crippen molar-refractivity contribution in [3.63, 3.8) is 0 Å². The van der Waals surface area contributed by atoms with Crippen LogP contribution in [0.5, 0.6) is 0 Å². The summed E-state index contributed by atoms with van der Waals surface area (Å²) in [5, 5.41) is 3.65. The number of rotatable bonds is 6. The van der Waals surface area contributed by atoms with Gasteiger partial charge in [0, 0.05) is 24.4 Å². The van der Waals surface area contributed by atoms with E-state index in [0.29, 0.717) is 6.04 Å². The molecule has 2 nitrogen and oxygen atoms in total. The third kappa shape index (κ3) is 3.72. The van der Waals surface area contributed by atoms with E-state index in [9.17, 15) is 0 Å². The normalized spacial score (nSPS) is 21.1. The summed E-state index contributed by atoms with van der Waals surface area (Å²) < 4.78 is 0. The fourth-order valence-corrected chi connectivity index (χ4v) is 3.89. The molecule has 1 N–H and O–H groups in total. The van der Waals surface area contributed by atoms with Gasteiger partial charge < -0.3 is 5.32 Å². The van der Waals surface area contributed by atoms with Gasteiger partial charge in [0.2, 0.25) is 0 Å². The Morgan fingerprint density at radius 3 is 2.89 bits per heavy atom. The number of pyridine rings is 1. The number of aryl methyl sites for hydroxylation is 1. The third-order valence-electron chi connectivity index (χ3n) is 3.72. The van der Waals surface area contributed by atoms with E-state index in [1.165, 1.54) is 29.2 Å². The van der Waals surface area contributed by atoms with Crippen LogP contribution in [-0.4, -0.2) is 29.1 Å². The Hall–Kier alpha value is -0.540. The van der Waals surface area contributed by atoms with Crippen molar-refractivity contribution >= 4 is 11.8 Å². The van der Waals surface area contributed by atoms with Crippen LogP contribution in [-0.2, 0) is 12.8 Å². The zero-order valence-electron chi connectivity index (χ0n) is 11.5. The van der Waals surface area contributed by atoms with Crippen molar-refractivity contribution in [2.24, 2.45) is 5.92 Å². The molecule has 1 aliphatic heterocycles. The minimum Gasteiger partial charge on any atom is -0.314 e. The summed E-state index contributed by atoms with van der Waals surface area (Å²) in [5.74, 6) is 3.46. The second-order valence-electron chi connectivity index (χ2n) is 5.00. The summed E-state index contributed by atoms with van der Waals surface area (Å²) >= 11 is 2.09. The zero-order chi connectivity index (χ0) is 12.8. The second-order valence-corrected chi connectivity index (χ2v) is 6.15. The number of nitrogens with one attached hydrogen (secondary N) is 1. The Morgan fingerprint density at radius 2 is 2.33 bits per heavy atom. The molecule has 1 saturated heterocycles. The van der Waals surface area contributed by atoms with Crippen LogP contribution in [0, 0.1) is 5.92 Å². The summed E-state index contributed by atoms with van der Waals surface area (Å²) in [6.45, 7) is 5.43. The van der Waals surface area contributed by atoms with E-state index in [1.807, 2.05) is 6.20 Å². The van der Waals surface area contributed by atoms with Gasteiger partial charge >= 0.3 is 0 Å². The first-order chi connectivity index (χ1) is 8.83. The quantitative estimate of drug-likeness (QED) is 0.855. The number of thioether (sulfide) groups is 1. The highest BCUT2D eigenvalue weighted by Crippen LogP contribution is 2.27. The minimum atomic E-state index is 0.602. The summed E-state index contributed by atoms with van der Waals surface area (Å²) in [4.78, 5) is 4.60. The lowest BCUT2D eigenvalue weighted by atomic mass is 9.94. The molecule has 1 aliphatic rings. The van der Waals surface area contributed by atoms with Crippen LogP contribution in [0.1, 0.15) is 31.5 Å². The molecule has 1 aromatic rings. The number of nitrogens with zero attached hydrogens (tertiary/aromatic N) is 1. The Kier molecular flexibility index (Phi) is 5.51. The van der Waals surface area contributed by atoms with Crippen LogP contribution >= 0.6 is 11.8 Å². The lowest BCUT2D eigenvalue weighted by Gasteiger charge is -2.23. The molecule has 0 spiro atoms. The highest BCUT2D eigenvalue weighted by atomic mass is 32.2. The SMILES string of the molecule is CCNC(Cc1ccc(CC)cn1)C1CCSC1. The first-order valence-corrected chi connectivity index (χ1v) is 8.23. The van der Waals surface area contributed by atoms with E-state index in [4.69, 9.17) is 0 Å². The Labute approximate surface area is 115 Å². The van der Waals surface area contributed by atoms with Crippen molar-refractivity contribution in [3.8, 4) is 0 Å². The molecule has 18 heavy (non-hydrogen) atoms. The molecule has 0 radical (unpaired) electrons. The number of hydrogen-bond acceptors (Lipinski definition) is 3. The topological polar surface area (TPSA) is 24.9 Å². The van der Waals surface area contributed by atoms with Gasteiger partial charge in [-0.15, -0.1) is 0 Å². The second kappa shape index (κ2) is 7.15. The molecule has 0 aliphatic carbocycles. The average Bonchev–Trinajstić information content (AvgIpc) is 2.93. The molecule has 0 bridgehead atoms. The van der Waals surface area contributed by atoms with E-state index < -0.39 is 0 Å². The van der Waals surface area contributed by atoms with Gasteiger partial charge in [0.15, 0.2) is 0 Å². The molecular weight excluding hydrogens is 240 g/mol. The number of aromatic nitrogens is 1. The maximum atomic E-state index is 4.60. The monoisotopic (exact) mass is 264 g/mol. The first-order valence-electron chi connectivity index (χ1n) is 7.08. The maximum absolute atomic E-state index is 4.60. The van der Waals surface area contributed by atoms with E-state index >= 15 is 0 Å².